The van der Waals surface area contributed by atoms with E-state index in [9.17, 15) is 8.42 Å². The lowest BCUT2D eigenvalue weighted by Crippen LogP contribution is -2.36. The molecule has 2 aromatic rings. The number of anilines is 2. The number of hydrogen-bond acceptors (Lipinski definition) is 9. The van der Waals surface area contributed by atoms with E-state index in [1.807, 2.05) is 6.07 Å². The summed E-state index contributed by atoms with van der Waals surface area (Å²) in [6, 6.07) is 6.49. The summed E-state index contributed by atoms with van der Waals surface area (Å²) in [5, 5.41) is 3.13. The van der Waals surface area contributed by atoms with E-state index in [0.717, 1.165) is 25.3 Å². The van der Waals surface area contributed by atoms with Crippen LogP contribution in [0.3, 0.4) is 0 Å². The van der Waals surface area contributed by atoms with Crippen molar-refractivity contribution in [3.05, 3.63) is 30.6 Å². The molecule has 1 saturated heterocycles. The largest absolute Gasteiger partial charge is 0.490 e. The highest BCUT2D eigenvalue weighted by Gasteiger charge is 2.18. The summed E-state index contributed by atoms with van der Waals surface area (Å²) in [5.74, 6) is 2.47. The number of nitrogens with zero attached hydrogens (tertiary/aromatic N) is 3. The SMILES string of the molecule is O=S(=O)(NCCNc1cc(N2CCOCC2)ncn1)c1ccc2c(c1)OCCCO2. The molecule has 2 aliphatic rings. The molecule has 1 aromatic heterocycles. The van der Waals surface area contributed by atoms with Crippen LogP contribution in [0.15, 0.2) is 35.5 Å². The van der Waals surface area contributed by atoms with Gasteiger partial charge < -0.3 is 24.4 Å². The number of hydrogen-bond donors (Lipinski definition) is 2. The van der Waals surface area contributed by atoms with Crippen LogP contribution in [0, 0.1) is 0 Å². The maximum Gasteiger partial charge on any atom is 0.240 e. The van der Waals surface area contributed by atoms with Crippen LogP contribution in [0.2, 0.25) is 0 Å². The quantitative estimate of drug-likeness (QED) is 0.611. The maximum absolute atomic E-state index is 12.6. The minimum absolute atomic E-state index is 0.142. The van der Waals surface area contributed by atoms with Gasteiger partial charge in [0.2, 0.25) is 10.0 Å². The number of morpholine rings is 1. The van der Waals surface area contributed by atoms with Crippen LogP contribution in [0.25, 0.3) is 0 Å². The Morgan fingerprint density at radius 3 is 2.60 bits per heavy atom. The minimum atomic E-state index is -3.67. The predicted molar refractivity (Wildman–Crippen MR) is 111 cm³/mol. The zero-order chi connectivity index (χ0) is 20.8. The fraction of sp³-hybridized carbons (Fsp3) is 0.474. The number of sulfonamides is 1. The fourth-order valence-electron chi connectivity index (χ4n) is 3.18. The Hall–Kier alpha value is -2.63. The number of benzene rings is 1. The first kappa shape index (κ1) is 20.6. The Morgan fingerprint density at radius 1 is 0.967 bits per heavy atom. The fourth-order valence-corrected chi connectivity index (χ4v) is 4.23. The number of aromatic nitrogens is 2. The van der Waals surface area contributed by atoms with Crippen molar-refractivity contribution in [2.24, 2.45) is 0 Å². The summed E-state index contributed by atoms with van der Waals surface area (Å²) in [5.41, 5.74) is 0. The second-order valence-electron chi connectivity index (χ2n) is 6.84. The van der Waals surface area contributed by atoms with Gasteiger partial charge in [-0.25, -0.2) is 23.1 Å². The lowest BCUT2D eigenvalue weighted by Gasteiger charge is -2.27. The van der Waals surface area contributed by atoms with Gasteiger partial charge in [-0.05, 0) is 12.1 Å². The molecule has 2 N–H and O–H groups in total. The van der Waals surface area contributed by atoms with E-state index in [2.05, 4.69) is 24.9 Å². The van der Waals surface area contributed by atoms with Gasteiger partial charge in [0.05, 0.1) is 31.3 Å². The predicted octanol–water partition coefficient (Wildman–Crippen LogP) is 0.865. The van der Waals surface area contributed by atoms with Crippen LogP contribution in [0.4, 0.5) is 11.6 Å². The first-order valence-electron chi connectivity index (χ1n) is 9.90. The highest BCUT2D eigenvalue weighted by molar-refractivity contribution is 7.89. The zero-order valence-corrected chi connectivity index (χ0v) is 17.4. The number of rotatable bonds is 7. The summed E-state index contributed by atoms with van der Waals surface area (Å²) in [4.78, 5) is 10.8. The van der Waals surface area contributed by atoms with E-state index in [1.54, 1.807) is 6.07 Å². The Kier molecular flexibility index (Phi) is 6.50. The van der Waals surface area contributed by atoms with Gasteiger partial charge in [-0.3, -0.25) is 0 Å². The molecule has 0 amide bonds. The smallest absolute Gasteiger partial charge is 0.240 e. The first-order valence-corrected chi connectivity index (χ1v) is 11.4. The summed E-state index contributed by atoms with van der Waals surface area (Å²) < 4.78 is 44.3. The lowest BCUT2D eigenvalue weighted by atomic mass is 10.3. The molecule has 0 atom stereocenters. The molecule has 0 saturated carbocycles. The number of nitrogens with one attached hydrogen (secondary N) is 2. The Labute approximate surface area is 175 Å². The molecule has 3 heterocycles. The normalized spacial score (nSPS) is 16.7. The van der Waals surface area contributed by atoms with E-state index in [-0.39, 0.29) is 11.4 Å². The van der Waals surface area contributed by atoms with Crippen molar-refractivity contribution in [1.29, 1.82) is 0 Å². The van der Waals surface area contributed by atoms with Crippen molar-refractivity contribution in [1.82, 2.24) is 14.7 Å². The first-order chi connectivity index (χ1) is 14.6. The van der Waals surface area contributed by atoms with Gasteiger partial charge in [0.1, 0.15) is 18.0 Å². The molecule has 30 heavy (non-hydrogen) atoms. The molecular formula is C19H25N5O5S. The molecule has 162 valence electrons. The molecule has 1 fully saturated rings. The van der Waals surface area contributed by atoms with Crippen LogP contribution >= 0.6 is 0 Å². The third kappa shape index (κ3) is 5.10. The van der Waals surface area contributed by atoms with Crippen LogP contribution in [-0.4, -0.2) is 71.0 Å². The lowest BCUT2D eigenvalue weighted by molar-refractivity contribution is 0.122. The van der Waals surface area contributed by atoms with E-state index >= 15 is 0 Å². The highest BCUT2D eigenvalue weighted by Crippen LogP contribution is 2.31. The molecule has 10 nitrogen and oxygen atoms in total. The topological polar surface area (TPSA) is 115 Å². The van der Waals surface area contributed by atoms with Gasteiger partial charge in [-0.15, -0.1) is 0 Å². The van der Waals surface area contributed by atoms with Crippen LogP contribution in [0.5, 0.6) is 11.5 Å². The van der Waals surface area contributed by atoms with E-state index in [1.165, 1.54) is 18.5 Å². The Morgan fingerprint density at radius 2 is 1.77 bits per heavy atom. The summed E-state index contributed by atoms with van der Waals surface area (Å²) in [6.07, 6.45) is 2.26. The molecule has 0 aliphatic carbocycles. The van der Waals surface area contributed by atoms with Gasteiger partial charge in [0.25, 0.3) is 0 Å². The number of fused-ring (bicyclic) bond motifs is 1. The third-order valence-corrected chi connectivity index (χ3v) is 6.20. The van der Waals surface area contributed by atoms with E-state index < -0.39 is 10.0 Å². The molecule has 11 heteroatoms. The van der Waals surface area contributed by atoms with Gasteiger partial charge >= 0.3 is 0 Å². The Bertz CT molecular complexity index is 966. The van der Waals surface area contributed by atoms with Crippen molar-refractivity contribution in [3.8, 4) is 11.5 Å². The van der Waals surface area contributed by atoms with E-state index in [4.69, 9.17) is 14.2 Å². The molecule has 0 radical (unpaired) electrons. The molecule has 0 unspecified atom stereocenters. The van der Waals surface area contributed by atoms with Crippen molar-refractivity contribution < 1.29 is 22.6 Å². The molecule has 0 bridgehead atoms. The van der Waals surface area contributed by atoms with Crippen LogP contribution in [-0.2, 0) is 14.8 Å². The van der Waals surface area contributed by atoms with Gasteiger partial charge in [-0.1, -0.05) is 0 Å². The van der Waals surface area contributed by atoms with Crippen molar-refractivity contribution in [2.45, 2.75) is 11.3 Å². The molecule has 4 rings (SSSR count). The van der Waals surface area contributed by atoms with Crippen molar-refractivity contribution in [2.75, 3.05) is 62.8 Å². The summed E-state index contributed by atoms with van der Waals surface area (Å²) in [6.45, 7) is 4.55. The average molecular weight is 436 g/mol. The third-order valence-electron chi connectivity index (χ3n) is 4.74. The second-order valence-corrected chi connectivity index (χ2v) is 8.61. The standard InChI is InChI=1S/C19H25N5O5S/c25-30(26,15-2-3-16-17(12-15)29-9-1-8-28-16)23-5-4-20-18-13-19(22-14-21-18)24-6-10-27-11-7-24/h2-3,12-14,23H,1,4-11H2,(H,20,21,22). The zero-order valence-electron chi connectivity index (χ0n) is 16.5. The maximum atomic E-state index is 12.6. The van der Waals surface area contributed by atoms with Gasteiger partial charge in [-0.2, -0.15) is 0 Å². The van der Waals surface area contributed by atoms with Gasteiger partial charge in [0, 0.05) is 44.7 Å². The van der Waals surface area contributed by atoms with E-state index in [0.29, 0.717) is 50.3 Å². The molecular weight excluding hydrogens is 410 g/mol. The highest BCUT2D eigenvalue weighted by atomic mass is 32.2. The number of ether oxygens (including phenoxy) is 3. The van der Waals surface area contributed by atoms with Crippen LogP contribution in [0.1, 0.15) is 6.42 Å². The van der Waals surface area contributed by atoms with Crippen molar-refractivity contribution in [3.63, 3.8) is 0 Å². The second kappa shape index (κ2) is 9.45. The monoisotopic (exact) mass is 435 g/mol. The minimum Gasteiger partial charge on any atom is -0.490 e. The Balaban J connectivity index is 1.31. The van der Waals surface area contributed by atoms with Crippen LogP contribution < -0.4 is 24.4 Å². The van der Waals surface area contributed by atoms with Gasteiger partial charge in [0.15, 0.2) is 11.5 Å². The average Bonchev–Trinajstić information content (AvgIpc) is 3.02. The summed E-state index contributed by atoms with van der Waals surface area (Å²) in [7, 11) is -3.67. The molecule has 2 aliphatic heterocycles. The summed E-state index contributed by atoms with van der Waals surface area (Å²) >= 11 is 0. The molecule has 1 aromatic carbocycles. The molecule has 0 spiro atoms. The van der Waals surface area contributed by atoms with Crippen molar-refractivity contribution >= 4 is 21.7 Å².